The van der Waals surface area contributed by atoms with Crippen LogP contribution in [0.15, 0.2) is 0 Å². The largest absolute Gasteiger partial charge is 0.355 e. The molecule has 1 saturated carbocycles. The number of carbonyl (C=O) groups excluding carboxylic acids is 2. The average Bonchev–Trinajstić information content (AvgIpc) is 2.38. The van der Waals surface area contributed by atoms with Crippen LogP contribution in [0.4, 0.5) is 0 Å². The zero-order chi connectivity index (χ0) is 13.0. The van der Waals surface area contributed by atoms with Crippen LogP contribution >= 0.6 is 0 Å². The highest BCUT2D eigenvalue weighted by Crippen LogP contribution is 2.25. The van der Waals surface area contributed by atoms with Crippen LogP contribution in [0.5, 0.6) is 0 Å². The van der Waals surface area contributed by atoms with Crippen molar-refractivity contribution in [2.45, 2.75) is 50.5 Å². The molecule has 0 aromatic carbocycles. The summed E-state index contributed by atoms with van der Waals surface area (Å²) >= 11 is 0. The minimum Gasteiger partial charge on any atom is -0.355 e. The Hall–Kier alpha value is -1.10. The van der Waals surface area contributed by atoms with Gasteiger partial charge in [-0.05, 0) is 19.3 Å². The van der Waals surface area contributed by atoms with Crippen molar-refractivity contribution in [3.63, 3.8) is 0 Å². The summed E-state index contributed by atoms with van der Waals surface area (Å²) in [5, 5.41) is 5.69. The summed E-state index contributed by atoms with van der Waals surface area (Å²) < 4.78 is 0. The van der Waals surface area contributed by atoms with Crippen molar-refractivity contribution in [1.29, 1.82) is 0 Å². The Morgan fingerprint density at radius 3 is 2.72 bits per heavy atom. The van der Waals surface area contributed by atoms with Gasteiger partial charge in [-0.1, -0.05) is 19.3 Å². The zero-order valence-corrected chi connectivity index (χ0v) is 10.8. The number of nitrogens with two attached hydrogens (primary N) is 1. The Morgan fingerprint density at radius 2 is 2.11 bits per heavy atom. The summed E-state index contributed by atoms with van der Waals surface area (Å²) in [4.78, 5) is 23.0. The van der Waals surface area contributed by atoms with Gasteiger partial charge in [0.25, 0.3) is 0 Å². The minimum absolute atomic E-state index is 0.0328. The van der Waals surface area contributed by atoms with Gasteiger partial charge in [-0.2, -0.15) is 0 Å². The molecule has 2 amide bonds. The fourth-order valence-electron chi connectivity index (χ4n) is 2.80. The van der Waals surface area contributed by atoms with Gasteiger partial charge >= 0.3 is 0 Å². The molecule has 2 rings (SSSR count). The van der Waals surface area contributed by atoms with E-state index in [1.165, 1.54) is 6.42 Å². The highest BCUT2D eigenvalue weighted by atomic mass is 16.2. The number of hydrogen-bond donors (Lipinski definition) is 3. The lowest BCUT2D eigenvalue weighted by molar-refractivity contribution is -0.129. The van der Waals surface area contributed by atoms with Crippen LogP contribution in [0.25, 0.3) is 0 Å². The first-order valence-corrected chi connectivity index (χ1v) is 6.92. The highest BCUT2D eigenvalue weighted by Gasteiger charge is 2.30. The van der Waals surface area contributed by atoms with Crippen molar-refractivity contribution >= 4 is 11.8 Å². The number of rotatable bonds is 3. The van der Waals surface area contributed by atoms with E-state index in [0.29, 0.717) is 25.9 Å². The van der Waals surface area contributed by atoms with Crippen LogP contribution < -0.4 is 16.4 Å². The van der Waals surface area contributed by atoms with Crippen molar-refractivity contribution in [1.82, 2.24) is 10.6 Å². The average molecular weight is 253 g/mol. The summed E-state index contributed by atoms with van der Waals surface area (Å²) in [7, 11) is 0. The van der Waals surface area contributed by atoms with Gasteiger partial charge in [0.2, 0.25) is 11.8 Å². The molecule has 1 heterocycles. The lowest BCUT2D eigenvalue weighted by atomic mass is 9.82. The van der Waals surface area contributed by atoms with E-state index in [1.54, 1.807) is 0 Å². The van der Waals surface area contributed by atoms with E-state index in [1.807, 2.05) is 0 Å². The van der Waals surface area contributed by atoms with Crippen LogP contribution in [0.1, 0.15) is 44.9 Å². The molecule has 0 radical (unpaired) electrons. The second-order valence-electron chi connectivity index (χ2n) is 5.68. The molecule has 1 atom stereocenters. The predicted molar refractivity (Wildman–Crippen MR) is 68.7 cm³/mol. The second kappa shape index (κ2) is 5.69. The summed E-state index contributed by atoms with van der Waals surface area (Å²) in [6, 6.07) is 0. The molecule has 1 aliphatic heterocycles. The van der Waals surface area contributed by atoms with Crippen LogP contribution in [0, 0.1) is 5.92 Å². The molecular formula is C13H23N3O2. The maximum atomic E-state index is 12.0. The van der Waals surface area contributed by atoms with E-state index in [9.17, 15) is 9.59 Å². The molecule has 5 nitrogen and oxygen atoms in total. The third kappa shape index (κ3) is 3.45. The molecule has 102 valence electrons. The van der Waals surface area contributed by atoms with Crippen molar-refractivity contribution < 1.29 is 9.59 Å². The molecule has 2 fully saturated rings. The first kappa shape index (κ1) is 13.3. The first-order valence-electron chi connectivity index (χ1n) is 6.92. The molecule has 0 spiro atoms. The summed E-state index contributed by atoms with van der Waals surface area (Å²) in [6.07, 6.45) is 6.66. The maximum Gasteiger partial charge on any atom is 0.224 e. The molecule has 0 aromatic heterocycles. The molecule has 1 unspecified atom stereocenters. The normalized spacial score (nSPS) is 27.4. The Bertz CT molecular complexity index is 314. The van der Waals surface area contributed by atoms with Gasteiger partial charge in [-0.25, -0.2) is 0 Å². The Kier molecular flexibility index (Phi) is 4.22. The summed E-state index contributed by atoms with van der Waals surface area (Å²) in [6.45, 7) is 1.03. The van der Waals surface area contributed by atoms with Crippen molar-refractivity contribution in [2.24, 2.45) is 11.7 Å². The van der Waals surface area contributed by atoms with E-state index in [-0.39, 0.29) is 23.3 Å². The van der Waals surface area contributed by atoms with Gasteiger partial charge in [-0.3, -0.25) is 9.59 Å². The molecule has 1 saturated heterocycles. The first-order chi connectivity index (χ1) is 8.59. The minimum atomic E-state index is -0.216. The van der Waals surface area contributed by atoms with Crippen molar-refractivity contribution in [3.05, 3.63) is 0 Å². The smallest absolute Gasteiger partial charge is 0.224 e. The molecule has 18 heavy (non-hydrogen) atoms. The fourth-order valence-corrected chi connectivity index (χ4v) is 2.80. The molecule has 0 bridgehead atoms. The van der Waals surface area contributed by atoms with Gasteiger partial charge in [-0.15, -0.1) is 0 Å². The monoisotopic (exact) mass is 253 g/mol. The molecule has 5 heteroatoms. The quantitative estimate of drug-likeness (QED) is 0.676. The van der Waals surface area contributed by atoms with Gasteiger partial charge in [0.15, 0.2) is 0 Å². The Labute approximate surface area is 108 Å². The topological polar surface area (TPSA) is 84.2 Å². The molecule has 4 N–H and O–H groups in total. The van der Waals surface area contributed by atoms with Gasteiger partial charge in [0.05, 0.1) is 5.92 Å². The standard InChI is InChI=1S/C13H23N3O2/c14-13(6-2-1-3-7-13)9-16-12(18)10-4-5-11(17)15-8-10/h10H,1-9,14H2,(H,15,17)(H,16,18). The number of piperidine rings is 1. The van der Waals surface area contributed by atoms with Gasteiger partial charge < -0.3 is 16.4 Å². The number of amides is 2. The predicted octanol–water partition coefficient (Wildman–Crippen LogP) is 0.290. The fraction of sp³-hybridized carbons (Fsp3) is 0.846. The lowest BCUT2D eigenvalue weighted by Crippen LogP contribution is -2.53. The van der Waals surface area contributed by atoms with E-state index >= 15 is 0 Å². The van der Waals surface area contributed by atoms with E-state index < -0.39 is 0 Å². The Balaban J connectivity index is 1.75. The number of nitrogens with one attached hydrogen (secondary N) is 2. The molecule has 0 aromatic rings. The van der Waals surface area contributed by atoms with Crippen LogP contribution in [0.2, 0.25) is 0 Å². The van der Waals surface area contributed by atoms with Crippen LogP contribution in [0.3, 0.4) is 0 Å². The summed E-state index contributed by atoms with van der Waals surface area (Å²) in [5.74, 6) is -0.0121. The van der Waals surface area contributed by atoms with Crippen LogP contribution in [-0.2, 0) is 9.59 Å². The van der Waals surface area contributed by atoms with Crippen molar-refractivity contribution in [2.75, 3.05) is 13.1 Å². The number of hydrogen-bond acceptors (Lipinski definition) is 3. The molecular weight excluding hydrogens is 230 g/mol. The molecule has 1 aliphatic carbocycles. The lowest BCUT2D eigenvalue weighted by Gasteiger charge is -2.34. The van der Waals surface area contributed by atoms with Gasteiger partial charge in [0, 0.05) is 25.0 Å². The maximum absolute atomic E-state index is 12.0. The van der Waals surface area contributed by atoms with Crippen LogP contribution in [-0.4, -0.2) is 30.4 Å². The highest BCUT2D eigenvalue weighted by molar-refractivity contribution is 5.83. The Morgan fingerprint density at radius 1 is 1.39 bits per heavy atom. The third-order valence-electron chi connectivity index (χ3n) is 4.10. The zero-order valence-electron chi connectivity index (χ0n) is 10.8. The third-order valence-corrected chi connectivity index (χ3v) is 4.10. The second-order valence-corrected chi connectivity index (χ2v) is 5.68. The SMILES string of the molecule is NC1(CNC(=O)C2CCC(=O)NC2)CCCCC1. The van der Waals surface area contributed by atoms with E-state index in [2.05, 4.69) is 10.6 Å². The molecule has 2 aliphatic rings. The van der Waals surface area contributed by atoms with E-state index in [4.69, 9.17) is 5.73 Å². The van der Waals surface area contributed by atoms with E-state index in [0.717, 1.165) is 25.7 Å². The summed E-state index contributed by atoms with van der Waals surface area (Å²) in [5.41, 5.74) is 6.06. The van der Waals surface area contributed by atoms with Gasteiger partial charge in [0.1, 0.15) is 0 Å². The number of carbonyl (C=O) groups is 2. The van der Waals surface area contributed by atoms with Crippen molar-refractivity contribution in [3.8, 4) is 0 Å².